The van der Waals surface area contributed by atoms with Crippen molar-refractivity contribution in [2.45, 2.75) is 6.54 Å². The van der Waals surface area contributed by atoms with Gasteiger partial charge in [0, 0.05) is 11.6 Å². The summed E-state index contributed by atoms with van der Waals surface area (Å²) in [6.07, 6.45) is 1.49. The molecule has 0 saturated heterocycles. The minimum Gasteiger partial charge on any atom is -0.476 e. The highest BCUT2D eigenvalue weighted by Crippen LogP contribution is 2.10. The summed E-state index contributed by atoms with van der Waals surface area (Å²) in [5, 5.41) is 14.4. The van der Waals surface area contributed by atoms with E-state index in [2.05, 4.69) is 10.1 Å². The van der Waals surface area contributed by atoms with Gasteiger partial charge in [0.1, 0.15) is 0 Å². The van der Waals surface area contributed by atoms with E-state index in [0.717, 1.165) is 5.69 Å². The van der Waals surface area contributed by atoms with E-state index in [1.165, 1.54) is 22.2 Å². The molecule has 0 aromatic carbocycles. The fraction of sp³-hybridized carbons (Fsp3) is 0.125. The number of carbonyl (C=O) groups is 1. The molecule has 0 spiro atoms. The molecule has 0 aliphatic carbocycles. The summed E-state index contributed by atoms with van der Waals surface area (Å²) >= 11 is 1.48. The van der Waals surface area contributed by atoms with Crippen LogP contribution in [0.1, 0.15) is 16.2 Å². The monoisotopic (exact) mass is 224 g/mol. The Morgan fingerprint density at radius 1 is 1.67 bits per heavy atom. The third-order valence-electron chi connectivity index (χ3n) is 1.80. The second-order valence-electron chi connectivity index (χ2n) is 2.92. The molecular formula is C8H8N4O2S. The van der Waals surface area contributed by atoms with Gasteiger partial charge in [-0.25, -0.2) is 9.78 Å². The van der Waals surface area contributed by atoms with Crippen LogP contribution in [0.15, 0.2) is 17.1 Å². The standard InChI is InChI=1S/C8H8N4O2S/c9-6-2-12(11-7(6)8(13)14)1-5-3-15-4-10-5/h2-4H,1,9H2,(H,13,14). The summed E-state index contributed by atoms with van der Waals surface area (Å²) in [5.41, 5.74) is 8.08. The van der Waals surface area contributed by atoms with Gasteiger partial charge in [0.15, 0.2) is 5.69 Å². The van der Waals surface area contributed by atoms with Gasteiger partial charge in [0.2, 0.25) is 0 Å². The second kappa shape index (κ2) is 3.70. The largest absolute Gasteiger partial charge is 0.476 e. The zero-order valence-electron chi connectivity index (χ0n) is 7.62. The van der Waals surface area contributed by atoms with Crippen LogP contribution >= 0.6 is 11.3 Å². The molecule has 2 heterocycles. The maximum absolute atomic E-state index is 10.7. The topological polar surface area (TPSA) is 94.0 Å². The number of carboxylic acids is 1. The number of nitrogens with two attached hydrogens (primary N) is 1. The highest BCUT2D eigenvalue weighted by atomic mass is 32.1. The summed E-state index contributed by atoms with van der Waals surface area (Å²) < 4.78 is 1.47. The molecule has 0 atom stereocenters. The quantitative estimate of drug-likeness (QED) is 0.799. The number of hydrogen-bond donors (Lipinski definition) is 2. The van der Waals surface area contributed by atoms with E-state index < -0.39 is 5.97 Å². The Kier molecular flexibility index (Phi) is 2.38. The summed E-state index contributed by atoms with van der Waals surface area (Å²) in [6, 6.07) is 0. The number of carboxylic acid groups (broad SMARTS) is 1. The molecule has 0 saturated carbocycles. The minimum atomic E-state index is -1.12. The number of rotatable bonds is 3. The van der Waals surface area contributed by atoms with Crippen LogP contribution in [-0.4, -0.2) is 25.8 Å². The average Bonchev–Trinajstić information content (AvgIpc) is 2.75. The number of anilines is 1. The van der Waals surface area contributed by atoms with E-state index >= 15 is 0 Å². The van der Waals surface area contributed by atoms with Crippen molar-refractivity contribution in [2.75, 3.05) is 5.73 Å². The lowest BCUT2D eigenvalue weighted by molar-refractivity contribution is 0.0690. The van der Waals surface area contributed by atoms with Crippen molar-refractivity contribution in [3.63, 3.8) is 0 Å². The summed E-state index contributed by atoms with van der Waals surface area (Å²) in [6.45, 7) is 0.432. The van der Waals surface area contributed by atoms with Crippen LogP contribution in [0.2, 0.25) is 0 Å². The first kappa shape index (κ1) is 9.66. The van der Waals surface area contributed by atoms with Crippen molar-refractivity contribution >= 4 is 23.0 Å². The Hall–Kier alpha value is -1.89. The second-order valence-corrected chi connectivity index (χ2v) is 3.63. The number of nitrogen functional groups attached to an aromatic ring is 1. The van der Waals surface area contributed by atoms with E-state index in [-0.39, 0.29) is 11.4 Å². The van der Waals surface area contributed by atoms with Crippen molar-refractivity contribution in [2.24, 2.45) is 0 Å². The first-order valence-electron chi connectivity index (χ1n) is 4.10. The van der Waals surface area contributed by atoms with Crippen LogP contribution < -0.4 is 5.73 Å². The average molecular weight is 224 g/mol. The van der Waals surface area contributed by atoms with E-state index in [0.29, 0.717) is 6.54 Å². The summed E-state index contributed by atoms with van der Waals surface area (Å²) in [4.78, 5) is 14.7. The van der Waals surface area contributed by atoms with Gasteiger partial charge in [-0.15, -0.1) is 11.3 Å². The van der Waals surface area contributed by atoms with Crippen LogP contribution in [0.5, 0.6) is 0 Å². The maximum Gasteiger partial charge on any atom is 0.358 e. The first-order chi connectivity index (χ1) is 7.16. The molecule has 2 aromatic heterocycles. The van der Waals surface area contributed by atoms with Gasteiger partial charge in [-0.1, -0.05) is 0 Å². The molecule has 0 bridgehead atoms. The molecule has 78 valence electrons. The molecule has 0 amide bonds. The summed E-state index contributed by atoms with van der Waals surface area (Å²) in [7, 11) is 0. The molecular weight excluding hydrogens is 216 g/mol. The SMILES string of the molecule is Nc1cn(Cc2cscn2)nc1C(=O)O. The molecule has 7 heteroatoms. The molecule has 0 aliphatic heterocycles. The zero-order chi connectivity index (χ0) is 10.8. The van der Waals surface area contributed by atoms with Crippen LogP contribution in [0.3, 0.4) is 0 Å². The van der Waals surface area contributed by atoms with Crippen molar-refractivity contribution in [1.82, 2.24) is 14.8 Å². The molecule has 0 unspecified atom stereocenters. The number of aromatic carboxylic acids is 1. The fourth-order valence-electron chi connectivity index (χ4n) is 1.17. The van der Waals surface area contributed by atoms with E-state index in [1.54, 1.807) is 5.51 Å². The van der Waals surface area contributed by atoms with Gasteiger partial charge < -0.3 is 10.8 Å². The van der Waals surface area contributed by atoms with Gasteiger partial charge in [0.25, 0.3) is 0 Å². The number of aromatic nitrogens is 3. The van der Waals surface area contributed by atoms with Gasteiger partial charge in [-0.2, -0.15) is 5.10 Å². The fourth-order valence-corrected chi connectivity index (χ4v) is 1.72. The Bertz CT molecular complexity index is 477. The Morgan fingerprint density at radius 2 is 2.47 bits per heavy atom. The van der Waals surface area contributed by atoms with Crippen LogP contribution in [0, 0.1) is 0 Å². The molecule has 0 radical (unpaired) electrons. The van der Waals surface area contributed by atoms with Crippen LogP contribution in [0.4, 0.5) is 5.69 Å². The Labute approximate surface area is 89.0 Å². The predicted molar refractivity (Wildman–Crippen MR) is 54.8 cm³/mol. The predicted octanol–water partition coefficient (Wildman–Crippen LogP) is 0.668. The lowest BCUT2D eigenvalue weighted by Gasteiger charge is -1.95. The van der Waals surface area contributed by atoms with Crippen LogP contribution in [0.25, 0.3) is 0 Å². The highest BCUT2D eigenvalue weighted by Gasteiger charge is 2.13. The smallest absolute Gasteiger partial charge is 0.358 e. The molecule has 0 fully saturated rings. The van der Waals surface area contributed by atoms with Gasteiger partial charge in [-0.3, -0.25) is 4.68 Å². The zero-order valence-corrected chi connectivity index (χ0v) is 8.44. The molecule has 2 aromatic rings. The number of thiazole rings is 1. The molecule has 3 N–H and O–H groups in total. The van der Waals surface area contributed by atoms with Crippen molar-refractivity contribution < 1.29 is 9.90 Å². The molecule has 0 aliphatic rings. The third-order valence-corrected chi connectivity index (χ3v) is 2.44. The third kappa shape index (κ3) is 1.96. The van der Waals surface area contributed by atoms with Gasteiger partial charge >= 0.3 is 5.97 Å². The van der Waals surface area contributed by atoms with Crippen molar-refractivity contribution in [3.05, 3.63) is 28.5 Å². The van der Waals surface area contributed by atoms with E-state index in [9.17, 15) is 4.79 Å². The lowest BCUT2D eigenvalue weighted by Crippen LogP contribution is -2.04. The molecule has 2 rings (SSSR count). The van der Waals surface area contributed by atoms with E-state index in [1.807, 2.05) is 5.38 Å². The van der Waals surface area contributed by atoms with E-state index in [4.69, 9.17) is 10.8 Å². The number of hydrogen-bond acceptors (Lipinski definition) is 5. The van der Waals surface area contributed by atoms with Gasteiger partial charge in [-0.05, 0) is 0 Å². The summed E-state index contributed by atoms with van der Waals surface area (Å²) in [5.74, 6) is -1.12. The normalized spacial score (nSPS) is 10.4. The maximum atomic E-state index is 10.7. The first-order valence-corrected chi connectivity index (χ1v) is 5.04. The molecule has 15 heavy (non-hydrogen) atoms. The van der Waals surface area contributed by atoms with Gasteiger partial charge in [0.05, 0.1) is 23.4 Å². The highest BCUT2D eigenvalue weighted by molar-refractivity contribution is 7.07. The Balaban J connectivity index is 2.23. The Morgan fingerprint density at radius 3 is 3.00 bits per heavy atom. The lowest BCUT2D eigenvalue weighted by atomic mass is 10.4. The van der Waals surface area contributed by atoms with Crippen molar-refractivity contribution in [1.29, 1.82) is 0 Å². The minimum absolute atomic E-state index is 0.120. The van der Waals surface area contributed by atoms with Crippen LogP contribution in [-0.2, 0) is 6.54 Å². The number of nitrogens with zero attached hydrogens (tertiary/aromatic N) is 3. The molecule has 6 nitrogen and oxygen atoms in total. The van der Waals surface area contributed by atoms with Crippen molar-refractivity contribution in [3.8, 4) is 0 Å².